The number of para-hydroxylation sites is 1. The van der Waals surface area contributed by atoms with E-state index in [4.69, 9.17) is 0 Å². The first-order valence-corrected chi connectivity index (χ1v) is 7.54. The Bertz CT molecular complexity index is 991. The Morgan fingerprint density at radius 2 is 1.69 bits per heavy atom. The van der Waals surface area contributed by atoms with E-state index in [1.54, 1.807) is 12.1 Å². The van der Waals surface area contributed by atoms with Crippen LogP contribution in [0.15, 0.2) is 36.4 Å². The van der Waals surface area contributed by atoms with E-state index in [1.165, 1.54) is 26.1 Å². The molecule has 0 aliphatic rings. The molecule has 0 saturated heterocycles. The van der Waals surface area contributed by atoms with E-state index in [1.807, 2.05) is 0 Å². The fourth-order valence-electron chi connectivity index (χ4n) is 2.63. The van der Waals surface area contributed by atoms with Gasteiger partial charge in [-0.2, -0.15) is 9.49 Å². The van der Waals surface area contributed by atoms with Crippen LogP contribution < -0.4 is 5.32 Å². The van der Waals surface area contributed by atoms with E-state index in [0.717, 1.165) is 16.8 Å². The van der Waals surface area contributed by atoms with Crippen molar-refractivity contribution >= 4 is 11.6 Å². The third kappa shape index (κ3) is 3.05. The minimum Gasteiger partial charge on any atom is -0.321 e. The van der Waals surface area contributed by atoms with Crippen LogP contribution in [0, 0.1) is 30.3 Å². The summed E-state index contributed by atoms with van der Waals surface area (Å²) in [6, 6.07) is 7.78. The molecule has 8 heteroatoms. The number of nitrogens with one attached hydrogen (secondary N) is 1. The lowest BCUT2D eigenvalue weighted by Gasteiger charge is -2.12. The lowest BCUT2D eigenvalue weighted by Crippen LogP contribution is -2.15. The zero-order chi connectivity index (χ0) is 19.0. The highest BCUT2D eigenvalue weighted by Gasteiger charge is 2.22. The molecule has 4 nitrogen and oxygen atoms in total. The Morgan fingerprint density at radius 3 is 2.27 bits per heavy atom. The molecule has 0 bridgehead atoms. The second kappa shape index (κ2) is 6.62. The molecule has 0 radical (unpaired) electrons. The van der Waals surface area contributed by atoms with Gasteiger partial charge >= 0.3 is 0 Å². The summed E-state index contributed by atoms with van der Waals surface area (Å²) in [7, 11) is 1.36. The number of carbonyl (C=O) groups excluding carboxylic acids is 1. The maximum Gasteiger partial charge on any atom is 0.262 e. The van der Waals surface area contributed by atoms with Gasteiger partial charge in [0, 0.05) is 18.3 Å². The molecule has 1 aromatic heterocycles. The van der Waals surface area contributed by atoms with Crippen molar-refractivity contribution < 1.29 is 22.4 Å². The number of benzene rings is 2. The van der Waals surface area contributed by atoms with Crippen LogP contribution in [-0.4, -0.2) is 15.7 Å². The van der Waals surface area contributed by atoms with Crippen molar-refractivity contribution in [1.82, 2.24) is 9.78 Å². The van der Waals surface area contributed by atoms with E-state index in [0.29, 0.717) is 0 Å². The second-order valence-corrected chi connectivity index (χ2v) is 5.63. The fraction of sp³-hybridized carbons (Fsp3) is 0.111. The van der Waals surface area contributed by atoms with Gasteiger partial charge in [-0.25, -0.2) is 17.9 Å². The molecule has 1 N–H and O–H groups in total. The van der Waals surface area contributed by atoms with Gasteiger partial charge in [0.1, 0.15) is 5.56 Å². The normalized spacial score (nSPS) is 10.8. The van der Waals surface area contributed by atoms with Crippen LogP contribution in [0.5, 0.6) is 0 Å². The van der Waals surface area contributed by atoms with Gasteiger partial charge in [0.15, 0.2) is 17.5 Å². The molecule has 0 aliphatic heterocycles. The number of carbonyl (C=O) groups is 1. The first-order chi connectivity index (χ1) is 12.3. The average molecular weight is 363 g/mol. The van der Waals surface area contributed by atoms with Crippen LogP contribution in [0.25, 0.3) is 11.1 Å². The highest BCUT2D eigenvalue weighted by molar-refractivity contribution is 6.07. The summed E-state index contributed by atoms with van der Waals surface area (Å²) in [5, 5.41) is 6.33. The molecule has 3 rings (SSSR count). The predicted octanol–water partition coefficient (Wildman–Crippen LogP) is 4.20. The van der Waals surface area contributed by atoms with Crippen molar-refractivity contribution in [2.45, 2.75) is 6.92 Å². The average Bonchev–Trinajstić information content (AvgIpc) is 2.85. The molecule has 0 spiro atoms. The molecule has 134 valence electrons. The molecule has 3 aromatic rings. The molecule has 2 aromatic carbocycles. The van der Waals surface area contributed by atoms with Gasteiger partial charge in [0.25, 0.3) is 5.91 Å². The maximum atomic E-state index is 14.0. The third-order valence-electron chi connectivity index (χ3n) is 3.85. The molecule has 1 heterocycles. The summed E-state index contributed by atoms with van der Waals surface area (Å²) in [5.41, 5.74) is 0.421. The van der Waals surface area contributed by atoms with Crippen molar-refractivity contribution in [3.05, 3.63) is 71.1 Å². The van der Waals surface area contributed by atoms with E-state index in [2.05, 4.69) is 10.4 Å². The Kier molecular flexibility index (Phi) is 4.50. The minimum absolute atomic E-state index is 0.0284. The van der Waals surface area contributed by atoms with Gasteiger partial charge in [0.2, 0.25) is 5.95 Å². The Morgan fingerprint density at radius 1 is 1.08 bits per heavy atom. The summed E-state index contributed by atoms with van der Waals surface area (Å²) < 4.78 is 55.2. The smallest absolute Gasteiger partial charge is 0.262 e. The van der Waals surface area contributed by atoms with E-state index >= 15 is 0 Å². The number of hydrogen-bond acceptors (Lipinski definition) is 2. The van der Waals surface area contributed by atoms with Gasteiger partial charge < -0.3 is 5.32 Å². The van der Waals surface area contributed by atoms with Gasteiger partial charge in [-0.05, 0) is 30.7 Å². The van der Waals surface area contributed by atoms with Crippen molar-refractivity contribution in [2.75, 3.05) is 5.32 Å². The maximum absolute atomic E-state index is 14.0. The number of aryl methyl sites for hydroxylation is 2. The number of aromatic nitrogens is 2. The van der Waals surface area contributed by atoms with Crippen LogP contribution in [0.3, 0.4) is 0 Å². The van der Waals surface area contributed by atoms with E-state index in [9.17, 15) is 22.4 Å². The summed E-state index contributed by atoms with van der Waals surface area (Å²) in [6.07, 6.45) is 0. The van der Waals surface area contributed by atoms with Crippen LogP contribution in [-0.2, 0) is 7.05 Å². The largest absolute Gasteiger partial charge is 0.321 e. The van der Waals surface area contributed by atoms with Gasteiger partial charge in [-0.3, -0.25) is 4.79 Å². The lowest BCUT2D eigenvalue weighted by atomic mass is 10.0. The van der Waals surface area contributed by atoms with Crippen molar-refractivity contribution in [2.24, 2.45) is 7.05 Å². The lowest BCUT2D eigenvalue weighted by molar-refractivity contribution is 0.102. The molecule has 0 fully saturated rings. The number of nitrogens with zero attached hydrogens (tertiary/aromatic N) is 2. The second-order valence-electron chi connectivity index (χ2n) is 5.63. The van der Waals surface area contributed by atoms with Crippen LogP contribution >= 0.6 is 0 Å². The Labute approximate surface area is 146 Å². The first kappa shape index (κ1) is 17.7. The number of rotatable bonds is 3. The van der Waals surface area contributed by atoms with Crippen LogP contribution in [0.4, 0.5) is 23.2 Å². The fourth-order valence-corrected chi connectivity index (χ4v) is 2.63. The molecular formula is C18H13F4N3O. The molecule has 0 atom stereocenters. The molecule has 0 aliphatic carbocycles. The summed E-state index contributed by atoms with van der Waals surface area (Å²) in [4.78, 5) is 12.4. The van der Waals surface area contributed by atoms with Gasteiger partial charge in [-0.1, -0.05) is 18.2 Å². The SMILES string of the molecule is Cc1nn(C)c(F)c1C(=O)Nc1ccccc1-c1cc(F)c(F)c(F)c1. The Balaban J connectivity index is 2.02. The van der Waals surface area contributed by atoms with Crippen LogP contribution in [0.1, 0.15) is 16.1 Å². The number of anilines is 1. The number of amides is 1. The highest BCUT2D eigenvalue weighted by Crippen LogP contribution is 2.30. The topological polar surface area (TPSA) is 46.9 Å². The Hall–Kier alpha value is -3.16. The summed E-state index contributed by atoms with van der Waals surface area (Å²) in [5.74, 6) is -5.85. The standard InChI is InChI=1S/C18H13F4N3O/c1-9-15(17(22)25(2)24-9)18(26)23-14-6-4-3-5-11(14)10-7-12(19)16(21)13(20)8-10/h3-8H,1-2H3,(H,23,26). The number of halogens is 4. The van der Waals surface area contributed by atoms with Crippen molar-refractivity contribution in [1.29, 1.82) is 0 Å². The van der Waals surface area contributed by atoms with Gasteiger partial charge in [0.05, 0.1) is 5.69 Å². The zero-order valence-corrected chi connectivity index (χ0v) is 13.8. The summed E-state index contributed by atoms with van der Waals surface area (Å²) >= 11 is 0. The molecule has 0 unspecified atom stereocenters. The third-order valence-corrected chi connectivity index (χ3v) is 3.85. The van der Waals surface area contributed by atoms with Crippen molar-refractivity contribution in [3.8, 4) is 11.1 Å². The first-order valence-electron chi connectivity index (χ1n) is 7.54. The highest BCUT2D eigenvalue weighted by atomic mass is 19.2. The molecule has 0 saturated carbocycles. The van der Waals surface area contributed by atoms with Crippen molar-refractivity contribution in [3.63, 3.8) is 0 Å². The van der Waals surface area contributed by atoms with E-state index in [-0.39, 0.29) is 28.1 Å². The molecule has 26 heavy (non-hydrogen) atoms. The van der Waals surface area contributed by atoms with E-state index < -0.39 is 29.3 Å². The zero-order valence-electron chi connectivity index (χ0n) is 13.8. The summed E-state index contributed by atoms with van der Waals surface area (Å²) in [6.45, 7) is 1.48. The monoisotopic (exact) mass is 363 g/mol. The molecule has 1 amide bonds. The number of hydrogen-bond donors (Lipinski definition) is 1. The quantitative estimate of drug-likeness (QED) is 0.560. The van der Waals surface area contributed by atoms with Crippen LogP contribution in [0.2, 0.25) is 0 Å². The molecular weight excluding hydrogens is 350 g/mol. The predicted molar refractivity (Wildman–Crippen MR) is 87.6 cm³/mol. The minimum atomic E-state index is -1.58. The van der Waals surface area contributed by atoms with Gasteiger partial charge in [-0.15, -0.1) is 0 Å².